The summed E-state index contributed by atoms with van der Waals surface area (Å²) in [4.78, 5) is 17.8. The van der Waals surface area contributed by atoms with Gasteiger partial charge in [-0.3, -0.25) is 0 Å². The van der Waals surface area contributed by atoms with Crippen LogP contribution < -0.4 is 4.74 Å². The fourth-order valence-electron chi connectivity index (χ4n) is 6.75. The fourth-order valence-corrected chi connectivity index (χ4v) is 7.48. The summed E-state index contributed by atoms with van der Waals surface area (Å²) in [5.41, 5.74) is 12.1. The SMILES string of the molecule is S=C1Oc2nc1c(-c1ccc(Cl)cc1)c1ccc([nH]1)c(-c1ccc(Cl)cc1)c1nc(c(-c3ccc(Cl)cc3)c3ccc([nH]3)c2-c2ccc(Cl)cc2)C=C1. The van der Waals surface area contributed by atoms with Crippen molar-refractivity contribution in [1.29, 1.82) is 0 Å². The van der Waals surface area contributed by atoms with Crippen LogP contribution in [-0.4, -0.2) is 25.0 Å². The van der Waals surface area contributed by atoms with E-state index in [0.29, 0.717) is 37.2 Å². The normalized spacial score (nSPS) is 12.3. The first-order valence-corrected chi connectivity index (χ1v) is 18.5. The molecule has 53 heavy (non-hydrogen) atoms. The van der Waals surface area contributed by atoms with E-state index in [1.807, 2.05) is 133 Å². The molecule has 0 fully saturated rings. The van der Waals surface area contributed by atoms with Gasteiger partial charge in [-0.15, -0.1) is 0 Å². The molecule has 0 unspecified atom stereocenters. The van der Waals surface area contributed by atoms with Gasteiger partial charge in [-0.25, -0.2) is 9.97 Å². The molecule has 5 nitrogen and oxygen atoms in total. The van der Waals surface area contributed by atoms with E-state index in [1.54, 1.807) is 0 Å². The smallest absolute Gasteiger partial charge is 0.231 e. The van der Waals surface area contributed by atoms with Gasteiger partial charge in [-0.05, 0) is 119 Å². The number of H-pyrrole nitrogens is 2. The Hall–Kier alpha value is -5.21. The molecule has 3 aromatic heterocycles. The van der Waals surface area contributed by atoms with Crippen LogP contribution in [-0.2, 0) is 0 Å². The molecule has 8 bridgehead atoms. The lowest BCUT2D eigenvalue weighted by atomic mass is 10.0. The maximum Gasteiger partial charge on any atom is 0.231 e. The van der Waals surface area contributed by atoms with Crippen molar-refractivity contribution in [3.8, 4) is 50.4 Å². The first-order valence-electron chi connectivity index (χ1n) is 16.5. The molecule has 0 saturated carbocycles. The largest absolute Gasteiger partial charge is 0.424 e. The van der Waals surface area contributed by atoms with Crippen LogP contribution >= 0.6 is 58.6 Å². The molecule has 256 valence electrons. The minimum Gasteiger partial charge on any atom is -0.424 e. The molecule has 0 saturated heterocycles. The maximum absolute atomic E-state index is 6.43. The Kier molecular flexibility index (Phi) is 8.65. The lowest BCUT2D eigenvalue weighted by Gasteiger charge is -2.06. The number of nitrogens with zero attached hydrogens (tertiary/aromatic N) is 2. The molecule has 0 atom stereocenters. The quantitative estimate of drug-likeness (QED) is 0.174. The Morgan fingerprint density at radius 2 is 0.755 bits per heavy atom. The fraction of sp³-hybridized carbons (Fsp3) is 0. The van der Waals surface area contributed by atoms with Crippen LogP contribution in [0.25, 0.3) is 78.7 Å². The van der Waals surface area contributed by atoms with Crippen molar-refractivity contribution in [2.24, 2.45) is 0 Å². The molecule has 0 spiro atoms. The third-order valence-electron chi connectivity index (χ3n) is 9.18. The molecule has 10 heteroatoms. The highest BCUT2D eigenvalue weighted by Gasteiger charge is 2.25. The molecule has 0 radical (unpaired) electrons. The minimum atomic E-state index is 0.237. The van der Waals surface area contributed by atoms with Gasteiger partial charge in [-0.2, -0.15) is 0 Å². The summed E-state index contributed by atoms with van der Waals surface area (Å²) in [6.45, 7) is 0. The first kappa shape index (κ1) is 33.6. The van der Waals surface area contributed by atoms with E-state index in [9.17, 15) is 0 Å². The minimum absolute atomic E-state index is 0.237. The summed E-state index contributed by atoms with van der Waals surface area (Å²) in [5, 5.41) is 2.74. The number of benzene rings is 4. The van der Waals surface area contributed by atoms with Gasteiger partial charge in [0.1, 0.15) is 5.69 Å². The molecule has 9 rings (SSSR count). The van der Waals surface area contributed by atoms with Gasteiger partial charge in [0.25, 0.3) is 0 Å². The molecule has 4 aromatic carbocycles. The van der Waals surface area contributed by atoms with Gasteiger partial charge >= 0.3 is 0 Å². The van der Waals surface area contributed by atoms with Crippen LogP contribution in [0.3, 0.4) is 0 Å². The van der Waals surface area contributed by atoms with Crippen LogP contribution in [0.15, 0.2) is 121 Å². The molecular weight excluding hydrogens is 762 g/mol. The van der Waals surface area contributed by atoms with Crippen LogP contribution in [0.4, 0.5) is 0 Å². The van der Waals surface area contributed by atoms with Gasteiger partial charge in [0.05, 0.1) is 22.5 Å². The third-order valence-corrected chi connectivity index (χ3v) is 10.5. The number of hydrogen-bond acceptors (Lipinski definition) is 4. The van der Waals surface area contributed by atoms with Gasteiger partial charge in [0, 0.05) is 53.3 Å². The first-order chi connectivity index (χ1) is 25.8. The molecule has 7 aromatic rings. The summed E-state index contributed by atoms with van der Waals surface area (Å²) in [5.74, 6) is 0.348. The van der Waals surface area contributed by atoms with E-state index in [4.69, 9.17) is 73.3 Å². The molecule has 2 N–H and O–H groups in total. The Balaban J connectivity index is 1.48. The second kappa shape index (κ2) is 13.6. The summed E-state index contributed by atoms with van der Waals surface area (Å²) in [6, 6.07) is 38.7. The van der Waals surface area contributed by atoms with E-state index < -0.39 is 0 Å². The number of fused-ring (bicyclic) bond motifs is 8. The van der Waals surface area contributed by atoms with Gasteiger partial charge in [-0.1, -0.05) is 94.9 Å². The molecule has 0 amide bonds. The highest BCUT2D eigenvalue weighted by atomic mass is 35.5. The number of aromatic nitrogens is 4. The number of thiocarbonyl (C=S) groups is 1. The summed E-state index contributed by atoms with van der Waals surface area (Å²) in [6.07, 6.45) is 4.08. The Labute approximate surface area is 329 Å². The van der Waals surface area contributed by atoms with Crippen molar-refractivity contribution in [3.63, 3.8) is 0 Å². The van der Waals surface area contributed by atoms with Gasteiger partial charge < -0.3 is 14.7 Å². The lowest BCUT2D eigenvalue weighted by molar-refractivity contribution is 0.571. The number of ether oxygens (including phenoxy) is 1. The lowest BCUT2D eigenvalue weighted by Crippen LogP contribution is -2.02. The number of aromatic amines is 2. The summed E-state index contributed by atoms with van der Waals surface area (Å²) >= 11 is 31.4. The van der Waals surface area contributed by atoms with E-state index in [0.717, 1.165) is 72.4 Å². The number of halogens is 4. The van der Waals surface area contributed by atoms with Crippen molar-refractivity contribution >= 4 is 97.9 Å². The topological polar surface area (TPSA) is 66.6 Å². The van der Waals surface area contributed by atoms with Crippen molar-refractivity contribution < 1.29 is 4.74 Å². The average molecular weight is 787 g/mol. The van der Waals surface area contributed by atoms with Crippen molar-refractivity contribution in [1.82, 2.24) is 19.9 Å². The third kappa shape index (κ3) is 6.33. The predicted molar refractivity (Wildman–Crippen MR) is 224 cm³/mol. The second-order valence-corrected chi connectivity index (χ2v) is 14.6. The van der Waals surface area contributed by atoms with Crippen molar-refractivity contribution in [2.45, 2.75) is 0 Å². The summed E-state index contributed by atoms with van der Waals surface area (Å²) < 4.78 is 6.43. The monoisotopic (exact) mass is 784 g/mol. The zero-order chi connectivity index (χ0) is 36.2. The Morgan fingerprint density at radius 3 is 1.17 bits per heavy atom. The number of rotatable bonds is 4. The van der Waals surface area contributed by atoms with E-state index in [1.165, 1.54) is 0 Å². The second-order valence-electron chi connectivity index (χ2n) is 12.5. The van der Waals surface area contributed by atoms with E-state index in [2.05, 4.69) is 9.97 Å². The molecule has 5 heterocycles. The van der Waals surface area contributed by atoms with Gasteiger partial charge in [0.15, 0.2) is 0 Å². The van der Waals surface area contributed by atoms with E-state index >= 15 is 0 Å². The Morgan fingerprint density at radius 1 is 0.415 bits per heavy atom. The molecule has 2 aliphatic rings. The van der Waals surface area contributed by atoms with Crippen LogP contribution in [0.2, 0.25) is 20.1 Å². The van der Waals surface area contributed by atoms with Crippen LogP contribution in [0.5, 0.6) is 5.88 Å². The number of nitrogens with one attached hydrogen (secondary N) is 2. The molecular formula is C43H24Cl4N4OS. The summed E-state index contributed by atoms with van der Waals surface area (Å²) in [7, 11) is 0. The molecule has 2 aliphatic heterocycles. The highest BCUT2D eigenvalue weighted by molar-refractivity contribution is 7.80. The van der Waals surface area contributed by atoms with Crippen molar-refractivity contribution in [2.75, 3.05) is 0 Å². The van der Waals surface area contributed by atoms with E-state index in [-0.39, 0.29) is 5.05 Å². The van der Waals surface area contributed by atoms with Crippen LogP contribution in [0, 0.1) is 0 Å². The standard InChI is InChI=1S/C43H24Cl4N4OS/c44-27-9-1-23(2-10-27)37-31-17-18-32(48-31)38(24-3-11-28(45)12-4-24)34-20-22-36(50-34)40(26-7-15-30(47)16-8-26)42-51-41(43(53)52-42)39(35-21-19-33(37)49-35)25-5-13-29(46)14-6-25/h1-22,49-50H. The highest BCUT2D eigenvalue weighted by Crippen LogP contribution is 2.40. The van der Waals surface area contributed by atoms with Gasteiger partial charge in [0.2, 0.25) is 10.9 Å². The maximum atomic E-state index is 6.43. The van der Waals surface area contributed by atoms with Crippen molar-refractivity contribution in [3.05, 3.63) is 158 Å². The van der Waals surface area contributed by atoms with Crippen LogP contribution in [0.1, 0.15) is 17.1 Å². The number of hydrogen-bond donors (Lipinski definition) is 2. The average Bonchev–Trinajstić information content (AvgIpc) is 3.99. The Bertz CT molecular complexity index is 2790. The predicted octanol–water partition coefficient (Wildman–Crippen LogP) is 13.5. The molecule has 0 aliphatic carbocycles. The zero-order valence-corrected chi connectivity index (χ0v) is 31.3. The zero-order valence-electron chi connectivity index (χ0n) is 27.4.